The smallest absolute Gasteiger partial charge is 0.153 e. The SMILES string of the molecule is CC(C)c1n[nH]c([C@@H]2CCCCN2Cc2nnc(C3CC3)n2C)n1. The van der Waals surface area contributed by atoms with Crippen LogP contribution in [0.5, 0.6) is 0 Å². The van der Waals surface area contributed by atoms with Crippen LogP contribution in [0.4, 0.5) is 0 Å². The van der Waals surface area contributed by atoms with E-state index in [4.69, 9.17) is 4.98 Å². The summed E-state index contributed by atoms with van der Waals surface area (Å²) in [5.74, 6) is 5.11. The first-order valence-corrected chi connectivity index (χ1v) is 9.18. The van der Waals surface area contributed by atoms with Gasteiger partial charge in [0, 0.05) is 18.9 Å². The average Bonchev–Trinajstić information content (AvgIpc) is 3.17. The molecule has 1 N–H and O–H groups in total. The van der Waals surface area contributed by atoms with Crippen molar-refractivity contribution in [3.63, 3.8) is 0 Å². The van der Waals surface area contributed by atoms with E-state index in [0.29, 0.717) is 17.9 Å². The number of likely N-dealkylation sites (tertiary alicyclic amines) is 1. The highest BCUT2D eigenvalue weighted by molar-refractivity contribution is 5.08. The van der Waals surface area contributed by atoms with Gasteiger partial charge in [0.25, 0.3) is 0 Å². The molecule has 1 atom stereocenters. The molecule has 4 rings (SSSR count). The molecular weight excluding hydrogens is 302 g/mol. The number of rotatable bonds is 5. The Morgan fingerprint density at radius 2 is 2.00 bits per heavy atom. The van der Waals surface area contributed by atoms with E-state index in [1.54, 1.807) is 0 Å². The minimum Gasteiger partial charge on any atom is -0.317 e. The zero-order valence-electron chi connectivity index (χ0n) is 14.9. The van der Waals surface area contributed by atoms with Gasteiger partial charge < -0.3 is 4.57 Å². The molecule has 1 aliphatic carbocycles. The molecule has 1 aliphatic heterocycles. The van der Waals surface area contributed by atoms with Gasteiger partial charge in [-0.15, -0.1) is 10.2 Å². The monoisotopic (exact) mass is 329 g/mol. The lowest BCUT2D eigenvalue weighted by atomic mass is 10.0. The van der Waals surface area contributed by atoms with Crippen LogP contribution in [0.25, 0.3) is 0 Å². The Labute approximate surface area is 142 Å². The molecule has 2 aliphatic rings. The quantitative estimate of drug-likeness (QED) is 0.912. The van der Waals surface area contributed by atoms with Crippen LogP contribution in [-0.2, 0) is 13.6 Å². The van der Waals surface area contributed by atoms with Crippen LogP contribution in [0.2, 0.25) is 0 Å². The number of hydrogen-bond acceptors (Lipinski definition) is 5. The highest BCUT2D eigenvalue weighted by Gasteiger charge is 2.31. The second-order valence-corrected chi connectivity index (χ2v) is 7.52. The normalized spacial score (nSPS) is 22.4. The zero-order valence-corrected chi connectivity index (χ0v) is 14.9. The molecule has 0 aromatic carbocycles. The van der Waals surface area contributed by atoms with Gasteiger partial charge in [-0.05, 0) is 32.2 Å². The first-order valence-electron chi connectivity index (χ1n) is 9.18. The largest absolute Gasteiger partial charge is 0.317 e. The number of piperidine rings is 1. The Hall–Kier alpha value is -1.76. The molecule has 130 valence electrons. The van der Waals surface area contributed by atoms with Gasteiger partial charge in [0.1, 0.15) is 17.5 Å². The number of aromatic amines is 1. The van der Waals surface area contributed by atoms with Crippen LogP contribution in [0, 0.1) is 0 Å². The van der Waals surface area contributed by atoms with E-state index in [1.165, 1.54) is 25.7 Å². The second kappa shape index (κ2) is 6.27. The van der Waals surface area contributed by atoms with Crippen LogP contribution in [0.1, 0.15) is 87.1 Å². The van der Waals surface area contributed by atoms with Crippen molar-refractivity contribution >= 4 is 0 Å². The van der Waals surface area contributed by atoms with E-state index in [1.807, 2.05) is 0 Å². The molecule has 1 saturated carbocycles. The number of aromatic nitrogens is 6. The lowest BCUT2D eigenvalue weighted by Crippen LogP contribution is -2.34. The summed E-state index contributed by atoms with van der Waals surface area (Å²) in [6.45, 7) is 6.17. The molecule has 1 saturated heterocycles. The molecule has 0 radical (unpaired) electrons. The average molecular weight is 329 g/mol. The van der Waals surface area contributed by atoms with Crippen molar-refractivity contribution in [2.45, 2.75) is 70.4 Å². The van der Waals surface area contributed by atoms with Gasteiger partial charge in [-0.1, -0.05) is 20.3 Å². The van der Waals surface area contributed by atoms with Crippen molar-refractivity contribution in [2.75, 3.05) is 6.54 Å². The number of nitrogens with one attached hydrogen (secondary N) is 1. The predicted octanol–water partition coefficient (Wildman–Crippen LogP) is 2.66. The minimum absolute atomic E-state index is 0.305. The molecule has 2 aromatic rings. The Morgan fingerprint density at radius 1 is 1.17 bits per heavy atom. The summed E-state index contributed by atoms with van der Waals surface area (Å²) < 4.78 is 2.20. The maximum Gasteiger partial charge on any atom is 0.153 e. The topological polar surface area (TPSA) is 75.5 Å². The maximum absolute atomic E-state index is 4.74. The van der Waals surface area contributed by atoms with Crippen LogP contribution in [0.3, 0.4) is 0 Å². The standard InChI is InChI=1S/C17H27N7/c1-11(2)15-18-16(21-20-15)13-6-4-5-9-24(13)10-14-19-22-17(23(14)3)12-7-8-12/h11-13H,4-10H2,1-3H3,(H,18,20,21)/t13-/m0/s1. The lowest BCUT2D eigenvalue weighted by molar-refractivity contribution is 0.129. The highest BCUT2D eigenvalue weighted by atomic mass is 15.3. The van der Waals surface area contributed by atoms with E-state index in [2.05, 4.69) is 50.8 Å². The first kappa shape index (κ1) is 15.7. The lowest BCUT2D eigenvalue weighted by Gasteiger charge is -2.33. The molecule has 0 spiro atoms. The molecule has 0 unspecified atom stereocenters. The van der Waals surface area contributed by atoms with Crippen molar-refractivity contribution < 1.29 is 0 Å². The number of hydrogen-bond donors (Lipinski definition) is 1. The van der Waals surface area contributed by atoms with E-state index in [0.717, 1.165) is 42.8 Å². The molecule has 24 heavy (non-hydrogen) atoms. The second-order valence-electron chi connectivity index (χ2n) is 7.52. The van der Waals surface area contributed by atoms with Crippen molar-refractivity contribution in [1.82, 2.24) is 34.8 Å². The van der Waals surface area contributed by atoms with Gasteiger partial charge in [-0.3, -0.25) is 10.00 Å². The van der Waals surface area contributed by atoms with E-state index >= 15 is 0 Å². The van der Waals surface area contributed by atoms with Gasteiger partial charge in [0.15, 0.2) is 5.82 Å². The Balaban J connectivity index is 1.53. The Morgan fingerprint density at radius 3 is 2.71 bits per heavy atom. The van der Waals surface area contributed by atoms with Gasteiger partial charge in [-0.25, -0.2) is 4.98 Å². The predicted molar refractivity (Wildman–Crippen MR) is 90.5 cm³/mol. The summed E-state index contributed by atoms with van der Waals surface area (Å²) in [6, 6.07) is 0.305. The van der Waals surface area contributed by atoms with Crippen LogP contribution < -0.4 is 0 Å². The fourth-order valence-electron chi connectivity index (χ4n) is 3.58. The fourth-order valence-corrected chi connectivity index (χ4v) is 3.58. The third kappa shape index (κ3) is 2.97. The fraction of sp³-hybridized carbons (Fsp3) is 0.765. The summed E-state index contributed by atoms with van der Waals surface area (Å²) >= 11 is 0. The highest BCUT2D eigenvalue weighted by Crippen LogP contribution is 2.39. The minimum atomic E-state index is 0.305. The van der Waals surface area contributed by atoms with Gasteiger partial charge in [-0.2, -0.15) is 5.10 Å². The summed E-state index contributed by atoms with van der Waals surface area (Å²) in [6.07, 6.45) is 6.11. The maximum atomic E-state index is 4.74. The van der Waals surface area contributed by atoms with Gasteiger partial charge >= 0.3 is 0 Å². The van der Waals surface area contributed by atoms with E-state index in [-0.39, 0.29) is 0 Å². The zero-order chi connectivity index (χ0) is 16.7. The Bertz CT molecular complexity index is 698. The summed E-state index contributed by atoms with van der Waals surface area (Å²) in [7, 11) is 2.10. The van der Waals surface area contributed by atoms with Crippen molar-refractivity contribution in [3.05, 3.63) is 23.3 Å². The molecule has 7 heteroatoms. The third-order valence-electron chi connectivity index (χ3n) is 5.25. The molecule has 3 heterocycles. The van der Waals surface area contributed by atoms with Crippen molar-refractivity contribution in [1.29, 1.82) is 0 Å². The molecule has 2 aromatic heterocycles. The Kier molecular flexibility index (Phi) is 4.12. The van der Waals surface area contributed by atoms with Gasteiger partial charge in [0.2, 0.25) is 0 Å². The van der Waals surface area contributed by atoms with Gasteiger partial charge in [0.05, 0.1) is 12.6 Å². The summed E-state index contributed by atoms with van der Waals surface area (Å²) in [5, 5.41) is 16.4. The van der Waals surface area contributed by atoms with Crippen LogP contribution >= 0.6 is 0 Å². The van der Waals surface area contributed by atoms with E-state index < -0.39 is 0 Å². The third-order valence-corrected chi connectivity index (χ3v) is 5.25. The van der Waals surface area contributed by atoms with E-state index in [9.17, 15) is 0 Å². The van der Waals surface area contributed by atoms with Crippen LogP contribution in [0.15, 0.2) is 0 Å². The molecule has 2 fully saturated rings. The first-order chi connectivity index (χ1) is 11.6. The summed E-state index contributed by atoms with van der Waals surface area (Å²) in [5.41, 5.74) is 0. The number of H-pyrrole nitrogens is 1. The van der Waals surface area contributed by atoms with Crippen molar-refractivity contribution in [3.8, 4) is 0 Å². The molecule has 0 bridgehead atoms. The molecular formula is C17H27N7. The van der Waals surface area contributed by atoms with Crippen LogP contribution in [-0.4, -0.2) is 41.4 Å². The van der Waals surface area contributed by atoms with Crippen molar-refractivity contribution in [2.24, 2.45) is 7.05 Å². The summed E-state index contributed by atoms with van der Waals surface area (Å²) in [4.78, 5) is 7.22. The molecule has 7 nitrogen and oxygen atoms in total. The molecule has 0 amide bonds. The number of nitrogens with zero attached hydrogens (tertiary/aromatic N) is 6.